The number of rotatable bonds is 6. The summed E-state index contributed by atoms with van der Waals surface area (Å²) in [5.74, 6) is 1.01. The molecule has 112 valence electrons. The maximum absolute atomic E-state index is 5.87. The van der Waals surface area contributed by atoms with Crippen molar-refractivity contribution in [3.63, 3.8) is 0 Å². The Morgan fingerprint density at radius 1 is 1.25 bits per heavy atom. The minimum absolute atomic E-state index is 0.226. The molecule has 0 bridgehead atoms. The summed E-state index contributed by atoms with van der Waals surface area (Å²) in [7, 11) is 0. The fourth-order valence-electron chi connectivity index (χ4n) is 2.73. The van der Waals surface area contributed by atoms with Gasteiger partial charge in [0.05, 0.1) is 6.10 Å². The molecular formula is C17H28N2O. The highest BCUT2D eigenvalue weighted by molar-refractivity contribution is 5.33. The van der Waals surface area contributed by atoms with Crippen molar-refractivity contribution in [1.82, 2.24) is 10.2 Å². The van der Waals surface area contributed by atoms with Crippen molar-refractivity contribution in [3.05, 3.63) is 29.8 Å². The molecule has 0 saturated carbocycles. The fraction of sp³-hybridized carbons (Fsp3) is 0.647. The molecule has 1 saturated heterocycles. The number of ether oxygens (including phenoxy) is 1. The highest BCUT2D eigenvalue weighted by Gasteiger charge is 2.17. The second-order valence-electron chi connectivity index (χ2n) is 5.86. The number of likely N-dealkylation sites (tertiary alicyclic amines) is 1. The van der Waals surface area contributed by atoms with E-state index in [0.717, 1.165) is 12.3 Å². The van der Waals surface area contributed by atoms with E-state index < -0.39 is 0 Å². The highest BCUT2D eigenvalue weighted by Crippen LogP contribution is 2.20. The maximum atomic E-state index is 5.87. The topological polar surface area (TPSA) is 24.5 Å². The van der Waals surface area contributed by atoms with E-state index >= 15 is 0 Å². The van der Waals surface area contributed by atoms with Crippen molar-refractivity contribution in [2.24, 2.45) is 0 Å². The van der Waals surface area contributed by atoms with Gasteiger partial charge in [-0.1, -0.05) is 25.1 Å². The summed E-state index contributed by atoms with van der Waals surface area (Å²) in [5, 5.41) is 3.69. The molecule has 1 fully saturated rings. The van der Waals surface area contributed by atoms with Gasteiger partial charge in [0.15, 0.2) is 0 Å². The van der Waals surface area contributed by atoms with Gasteiger partial charge in [0.1, 0.15) is 5.75 Å². The Kier molecular flexibility index (Phi) is 5.86. The molecule has 0 aromatic heterocycles. The van der Waals surface area contributed by atoms with Crippen LogP contribution < -0.4 is 10.1 Å². The van der Waals surface area contributed by atoms with E-state index in [4.69, 9.17) is 4.74 Å². The number of nitrogens with zero attached hydrogens (tertiary/aromatic N) is 1. The van der Waals surface area contributed by atoms with Crippen molar-refractivity contribution >= 4 is 0 Å². The summed E-state index contributed by atoms with van der Waals surface area (Å²) in [6.07, 6.45) is 2.73. The van der Waals surface area contributed by atoms with Crippen LogP contribution in [-0.4, -0.2) is 36.7 Å². The van der Waals surface area contributed by atoms with Gasteiger partial charge in [-0.2, -0.15) is 0 Å². The second-order valence-corrected chi connectivity index (χ2v) is 5.86. The smallest absolute Gasteiger partial charge is 0.124 e. The van der Waals surface area contributed by atoms with Crippen LogP contribution in [0, 0.1) is 0 Å². The van der Waals surface area contributed by atoms with Gasteiger partial charge in [-0.3, -0.25) is 0 Å². The minimum atomic E-state index is 0.226. The van der Waals surface area contributed by atoms with Crippen molar-refractivity contribution in [1.29, 1.82) is 0 Å². The molecule has 1 aliphatic heterocycles. The van der Waals surface area contributed by atoms with E-state index in [0.29, 0.717) is 6.04 Å². The number of nitrogens with one attached hydrogen (secondary N) is 1. The SMILES string of the molecule is CCN1CCC(NCc2ccccc2OC(C)C)CC1. The van der Waals surface area contributed by atoms with Crippen LogP contribution in [0.1, 0.15) is 39.2 Å². The van der Waals surface area contributed by atoms with Crippen LogP contribution in [-0.2, 0) is 6.54 Å². The van der Waals surface area contributed by atoms with Gasteiger partial charge in [-0.05, 0) is 52.4 Å². The molecule has 1 aromatic rings. The largest absolute Gasteiger partial charge is 0.491 e. The normalized spacial score (nSPS) is 17.6. The molecule has 0 radical (unpaired) electrons. The van der Waals surface area contributed by atoms with Gasteiger partial charge < -0.3 is 15.0 Å². The molecular weight excluding hydrogens is 248 g/mol. The monoisotopic (exact) mass is 276 g/mol. The zero-order chi connectivity index (χ0) is 14.4. The lowest BCUT2D eigenvalue weighted by molar-refractivity contribution is 0.204. The van der Waals surface area contributed by atoms with Gasteiger partial charge >= 0.3 is 0 Å². The molecule has 20 heavy (non-hydrogen) atoms. The van der Waals surface area contributed by atoms with Crippen molar-refractivity contribution in [2.45, 2.75) is 52.3 Å². The predicted molar refractivity (Wildman–Crippen MR) is 84.2 cm³/mol. The zero-order valence-corrected chi connectivity index (χ0v) is 13.1. The summed E-state index contributed by atoms with van der Waals surface area (Å²) in [6, 6.07) is 9.00. The van der Waals surface area contributed by atoms with Crippen molar-refractivity contribution in [2.75, 3.05) is 19.6 Å². The molecule has 0 aliphatic carbocycles. The third-order valence-corrected chi connectivity index (χ3v) is 3.95. The van der Waals surface area contributed by atoms with E-state index in [9.17, 15) is 0 Å². The molecule has 3 heteroatoms. The Hall–Kier alpha value is -1.06. The lowest BCUT2D eigenvalue weighted by Crippen LogP contribution is -2.42. The first-order valence-electron chi connectivity index (χ1n) is 7.89. The molecule has 0 amide bonds. The van der Waals surface area contributed by atoms with E-state index in [1.54, 1.807) is 0 Å². The summed E-state index contributed by atoms with van der Waals surface area (Å²) in [5.41, 5.74) is 1.26. The van der Waals surface area contributed by atoms with Crippen molar-refractivity contribution in [3.8, 4) is 5.75 Å². The number of hydrogen-bond donors (Lipinski definition) is 1. The quantitative estimate of drug-likeness (QED) is 0.864. The van der Waals surface area contributed by atoms with Crippen molar-refractivity contribution < 1.29 is 4.74 Å². The Morgan fingerprint density at radius 3 is 2.60 bits per heavy atom. The first kappa shape index (κ1) is 15.3. The van der Waals surface area contributed by atoms with Gasteiger partial charge in [0.25, 0.3) is 0 Å². The molecule has 1 heterocycles. The number of benzene rings is 1. The van der Waals surface area contributed by atoms with E-state index in [-0.39, 0.29) is 6.10 Å². The molecule has 1 aromatic carbocycles. The van der Waals surface area contributed by atoms with Crippen LogP contribution in [0.15, 0.2) is 24.3 Å². The average Bonchev–Trinajstić information content (AvgIpc) is 2.46. The van der Waals surface area contributed by atoms with E-state index in [2.05, 4.69) is 49.2 Å². The van der Waals surface area contributed by atoms with Gasteiger partial charge in [0.2, 0.25) is 0 Å². The first-order valence-corrected chi connectivity index (χ1v) is 7.89. The summed E-state index contributed by atoms with van der Waals surface area (Å²) < 4.78 is 5.87. The third-order valence-electron chi connectivity index (χ3n) is 3.95. The van der Waals surface area contributed by atoms with Crippen LogP contribution >= 0.6 is 0 Å². The molecule has 1 N–H and O–H groups in total. The molecule has 0 atom stereocenters. The van der Waals surface area contributed by atoms with E-state index in [1.807, 2.05) is 6.07 Å². The third kappa shape index (κ3) is 4.50. The first-order chi connectivity index (χ1) is 9.69. The minimum Gasteiger partial charge on any atom is -0.491 e. The van der Waals surface area contributed by atoms with E-state index in [1.165, 1.54) is 38.0 Å². The predicted octanol–water partition coefficient (Wildman–Crippen LogP) is 3.05. The second kappa shape index (κ2) is 7.65. The van der Waals surface area contributed by atoms with Crippen LogP contribution in [0.4, 0.5) is 0 Å². The standard InChI is InChI=1S/C17H28N2O/c1-4-19-11-9-16(10-12-19)18-13-15-7-5-6-8-17(15)20-14(2)3/h5-8,14,16,18H,4,9-13H2,1-3H3. The van der Waals surface area contributed by atoms with Crippen LogP contribution in [0.5, 0.6) is 5.75 Å². The Bertz CT molecular complexity index is 398. The Labute approximate surface area is 123 Å². The molecule has 3 nitrogen and oxygen atoms in total. The van der Waals surface area contributed by atoms with Gasteiger partial charge in [0, 0.05) is 18.2 Å². The molecule has 0 spiro atoms. The average molecular weight is 276 g/mol. The maximum Gasteiger partial charge on any atom is 0.124 e. The number of para-hydroxylation sites is 1. The molecule has 2 rings (SSSR count). The van der Waals surface area contributed by atoms with Crippen LogP contribution in [0.25, 0.3) is 0 Å². The van der Waals surface area contributed by atoms with Crippen LogP contribution in [0.2, 0.25) is 0 Å². The van der Waals surface area contributed by atoms with Gasteiger partial charge in [-0.25, -0.2) is 0 Å². The number of hydrogen-bond acceptors (Lipinski definition) is 3. The molecule has 1 aliphatic rings. The zero-order valence-electron chi connectivity index (χ0n) is 13.1. The highest BCUT2D eigenvalue weighted by atomic mass is 16.5. The Morgan fingerprint density at radius 2 is 1.95 bits per heavy atom. The molecule has 0 unspecified atom stereocenters. The lowest BCUT2D eigenvalue weighted by Gasteiger charge is -2.31. The fourth-order valence-corrected chi connectivity index (χ4v) is 2.73. The summed E-state index contributed by atoms with van der Waals surface area (Å²) >= 11 is 0. The summed E-state index contributed by atoms with van der Waals surface area (Å²) in [4.78, 5) is 2.52. The van der Waals surface area contributed by atoms with Gasteiger partial charge in [-0.15, -0.1) is 0 Å². The Balaban J connectivity index is 1.85. The lowest BCUT2D eigenvalue weighted by atomic mass is 10.0. The van der Waals surface area contributed by atoms with Crippen LogP contribution in [0.3, 0.4) is 0 Å². The number of piperidine rings is 1. The summed E-state index contributed by atoms with van der Waals surface area (Å²) in [6.45, 7) is 10.9.